The number of unbranched alkanes of at least 4 members (excludes halogenated alkanes) is 1. The van der Waals surface area contributed by atoms with E-state index in [1.54, 1.807) is 25.1 Å². The number of hydrogen-bond acceptors (Lipinski definition) is 8. The van der Waals surface area contributed by atoms with Crippen molar-refractivity contribution in [1.82, 2.24) is 5.16 Å². The smallest absolute Gasteiger partial charge is 0.418 e. The molecule has 1 aliphatic rings. The third-order valence-electron chi connectivity index (χ3n) is 6.45. The van der Waals surface area contributed by atoms with Gasteiger partial charge in [-0.2, -0.15) is 13.2 Å². The maximum absolute atomic E-state index is 14.2. The molecule has 10 nitrogen and oxygen atoms in total. The number of nitrogens with one attached hydrogen (secondary N) is 2. The summed E-state index contributed by atoms with van der Waals surface area (Å²) in [6.45, 7) is 4.65. The zero-order valence-corrected chi connectivity index (χ0v) is 23.2. The molecule has 2 N–H and O–H groups in total. The normalized spacial score (nSPS) is 13.5. The molecular formula is C29H31F3N4O6. The van der Waals surface area contributed by atoms with Gasteiger partial charge in [0.15, 0.2) is 11.5 Å². The summed E-state index contributed by atoms with van der Waals surface area (Å²) in [4.78, 5) is 39.8. The maximum atomic E-state index is 14.2. The predicted molar refractivity (Wildman–Crippen MR) is 149 cm³/mol. The van der Waals surface area contributed by atoms with E-state index in [0.717, 1.165) is 18.6 Å². The first-order valence-corrected chi connectivity index (χ1v) is 13.4. The van der Waals surface area contributed by atoms with E-state index in [1.807, 2.05) is 6.92 Å². The maximum Gasteiger partial charge on any atom is 0.418 e. The Kier molecular flexibility index (Phi) is 9.84. The highest BCUT2D eigenvalue weighted by Crippen LogP contribution is 2.42. The van der Waals surface area contributed by atoms with Gasteiger partial charge in [0.2, 0.25) is 5.91 Å². The van der Waals surface area contributed by atoms with Gasteiger partial charge in [0.05, 0.1) is 54.6 Å². The number of halogens is 3. The van der Waals surface area contributed by atoms with Crippen molar-refractivity contribution in [3.63, 3.8) is 0 Å². The van der Waals surface area contributed by atoms with Crippen molar-refractivity contribution in [1.29, 1.82) is 0 Å². The van der Waals surface area contributed by atoms with Gasteiger partial charge >= 0.3 is 12.3 Å². The summed E-state index contributed by atoms with van der Waals surface area (Å²) in [5.41, 5.74) is -0.187. The molecule has 42 heavy (non-hydrogen) atoms. The van der Waals surface area contributed by atoms with Gasteiger partial charge in [-0.3, -0.25) is 14.9 Å². The first-order chi connectivity index (χ1) is 20.0. The van der Waals surface area contributed by atoms with Gasteiger partial charge in [0.25, 0.3) is 0 Å². The molecule has 0 bridgehead atoms. The zero-order chi connectivity index (χ0) is 30.3. The van der Waals surface area contributed by atoms with Gasteiger partial charge in [0, 0.05) is 30.3 Å². The molecule has 1 fully saturated rings. The number of amides is 2. The van der Waals surface area contributed by atoms with Crippen LogP contribution in [-0.4, -0.2) is 55.9 Å². The number of nitrogens with zero attached hydrogens (tertiary/aromatic N) is 2. The third-order valence-corrected chi connectivity index (χ3v) is 6.45. The quantitative estimate of drug-likeness (QED) is 0.166. The van der Waals surface area contributed by atoms with Crippen LogP contribution in [0.2, 0.25) is 0 Å². The van der Waals surface area contributed by atoms with Crippen LogP contribution >= 0.6 is 0 Å². The van der Waals surface area contributed by atoms with Gasteiger partial charge in [-0.15, -0.1) is 0 Å². The Labute approximate surface area is 240 Å². The van der Waals surface area contributed by atoms with E-state index in [-0.39, 0.29) is 55.5 Å². The zero-order valence-electron chi connectivity index (χ0n) is 23.2. The molecule has 1 aromatic heterocycles. The number of carbonyl (C=O) groups is 3. The fourth-order valence-corrected chi connectivity index (χ4v) is 4.33. The Morgan fingerprint density at radius 2 is 1.79 bits per heavy atom. The van der Waals surface area contributed by atoms with Crippen LogP contribution in [0.4, 0.5) is 35.0 Å². The van der Waals surface area contributed by atoms with Crippen molar-refractivity contribution in [2.24, 2.45) is 0 Å². The molecule has 2 aromatic carbocycles. The van der Waals surface area contributed by atoms with Gasteiger partial charge in [-0.25, -0.2) is 4.79 Å². The molecule has 0 spiro atoms. The summed E-state index contributed by atoms with van der Waals surface area (Å²) in [5.74, 6) is -0.996. The molecule has 1 saturated heterocycles. The molecule has 2 amide bonds. The second kappa shape index (κ2) is 13.5. The van der Waals surface area contributed by atoms with E-state index in [2.05, 4.69) is 15.8 Å². The van der Waals surface area contributed by atoms with Crippen LogP contribution < -0.4 is 15.5 Å². The number of rotatable bonds is 10. The number of aryl methyl sites for hydroxylation is 1. The monoisotopic (exact) mass is 588 g/mol. The highest BCUT2D eigenvalue weighted by molar-refractivity contribution is 6.12. The summed E-state index contributed by atoms with van der Waals surface area (Å²) in [6, 6.07) is 9.97. The number of ketones is 1. The van der Waals surface area contributed by atoms with Crippen molar-refractivity contribution >= 4 is 34.8 Å². The summed E-state index contributed by atoms with van der Waals surface area (Å²) < 4.78 is 58.2. The minimum absolute atomic E-state index is 0.102. The number of hydrogen-bond donors (Lipinski definition) is 2. The molecule has 224 valence electrons. The first kappa shape index (κ1) is 30.6. The summed E-state index contributed by atoms with van der Waals surface area (Å²) >= 11 is 0. The molecule has 3 aromatic rings. The van der Waals surface area contributed by atoms with Crippen LogP contribution in [0.25, 0.3) is 11.3 Å². The van der Waals surface area contributed by atoms with E-state index in [0.29, 0.717) is 23.4 Å². The lowest BCUT2D eigenvalue weighted by Gasteiger charge is -2.32. The molecule has 1 aliphatic heterocycles. The SMILES string of the molecule is CCCCOC(=O)Nc1cc(N2CCOCC2)c(C(F)(F)F)cc1NC(=O)CC(=O)c1cccc(-c2cc(C)no2)c1. The number of aromatic nitrogens is 1. The number of Topliss-reactive ketones (excluding diaryl/α,β-unsaturated/α-hetero) is 1. The number of carbonyl (C=O) groups excluding carboxylic acids is 3. The number of benzene rings is 2. The van der Waals surface area contributed by atoms with Gasteiger partial charge in [-0.1, -0.05) is 36.7 Å². The average molecular weight is 589 g/mol. The largest absolute Gasteiger partial charge is 0.449 e. The average Bonchev–Trinajstić information content (AvgIpc) is 3.40. The van der Waals surface area contributed by atoms with Crippen molar-refractivity contribution in [3.05, 3.63) is 59.3 Å². The molecule has 0 aliphatic carbocycles. The second-order valence-corrected chi connectivity index (χ2v) is 9.69. The predicted octanol–water partition coefficient (Wildman–Crippen LogP) is 6.07. The lowest BCUT2D eigenvalue weighted by atomic mass is 10.0. The lowest BCUT2D eigenvalue weighted by molar-refractivity contribution is -0.137. The molecule has 2 heterocycles. The molecule has 0 radical (unpaired) electrons. The van der Waals surface area contributed by atoms with E-state index >= 15 is 0 Å². The van der Waals surface area contributed by atoms with Crippen LogP contribution in [0.3, 0.4) is 0 Å². The van der Waals surface area contributed by atoms with Gasteiger partial charge in [0.1, 0.15) is 0 Å². The molecular weight excluding hydrogens is 557 g/mol. The molecule has 0 unspecified atom stereocenters. The van der Waals surface area contributed by atoms with Crippen LogP contribution in [0.5, 0.6) is 0 Å². The van der Waals surface area contributed by atoms with Crippen molar-refractivity contribution in [3.8, 4) is 11.3 Å². The standard InChI is InChI=1S/C29H31F3N4O6/c1-3-4-10-41-28(39)34-23-16-24(36-8-11-40-12-9-36)21(29(30,31)32)15-22(23)33-27(38)17-25(37)19-6-5-7-20(14-19)26-13-18(2)35-42-26/h5-7,13-16H,3-4,8-12,17H2,1-2H3,(H,33,38)(H,34,39). The highest BCUT2D eigenvalue weighted by Gasteiger charge is 2.37. The Morgan fingerprint density at radius 3 is 2.45 bits per heavy atom. The summed E-state index contributed by atoms with van der Waals surface area (Å²) in [7, 11) is 0. The van der Waals surface area contributed by atoms with E-state index < -0.39 is 35.9 Å². The number of ether oxygens (including phenoxy) is 2. The van der Waals surface area contributed by atoms with Gasteiger partial charge in [-0.05, 0) is 31.5 Å². The number of morpholine rings is 1. The Balaban J connectivity index is 1.59. The third kappa shape index (κ3) is 7.87. The molecule has 0 saturated carbocycles. The van der Waals surface area contributed by atoms with Gasteiger partial charge < -0.3 is 24.2 Å². The lowest BCUT2D eigenvalue weighted by Crippen LogP contribution is -2.37. The van der Waals surface area contributed by atoms with E-state index in [9.17, 15) is 27.6 Å². The minimum atomic E-state index is -4.78. The first-order valence-electron chi connectivity index (χ1n) is 13.4. The van der Waals surface area contributed by atoms with Crippen molar-refractivity contribution < 1.29 is 41.6 Å². The number of alkyl halides is 3. The minimum Gasteiger partial charge on any atom is -0.449 e. The van der Waals surface area contributed by atoms with Crippen LogP contribution in [-0.2, 0) is 20.4 Å². The highest BCUT2D eigenvalue weighted by atomic mass is 19.4. The molecule has 13 heteroatoms. The topological polar surface area (TPSA) is 123 Å². The molecule has 4 rings (SSSR count). The molecule has 0 atom stereocenters. The van der Waals surface area contributed by atoms with Crippen LogP contribution in [0.1, 0.15) is 47.8 Å². The fourth-order valence-electron chi connectivity index (χ4n) is 4.33. The Morgan fingerprint density at radius 1 is 1.05 bits per heavy atom. The number of anilines is 3. The second-order valence-electron chi connectivity index (χ2n) is 9.69. The summed E-state index contributed by atoms with van der Waals surface area (Å²) in [5, 5.41) is 8.64. The van der Waals surface area contributed by atoms with Crippen molar-refractivity contribution in [2.75, 3.05) is 48.4 Å². The van der Waals surface area contributed by atoms with Crippen LogP contribution in [0, 0.1) is 6.92 Å². The van der Waals surface area contributed by atoms with Crippen molar-refractivity contribution in [2.45, 2.75) is 39.3 Å². The van der Waals surface area contributed by atoms with E-state index in [4.69, 9.17) is 14.0 Å². The Bertz CT molecular complexity index is 1430. The summed E-state index contributed by atoms with van der Waals surface area (Å²) in [6.07, 6.45) is -4.95. The Hall–Kier alpha value is -4.39. The van der Waals surface area contributed by atoms with E-state index in [1.165, 1.54) is 17.0 Å². The fraction of sp³-hybridized carbons (Fsp3) is 0.379. The van der Waals surface area contributed by atoms with Crippen LogP contribution in [0.15, 0.2) is 47.0 Å².